The summed E-state index contributed by atoms with van der Waals surface area (Å²) in [4.78, 5) is 20.0. The van der Waals surface area contributed by atoms with Gasteiger partial charge in [0.1, 0.15) is 11.6 Å². The van der Waals surface area contributed by atoms with Crippen molar-refractivity contribution in [2.75, 3.05) is 32.8 Å². The number of carbonyl (C=O) groups excluding carboxylic acids is 1. The van der Waals surface area contributed by atoms with Crippen LogP contribution in [0.15, 0.2) is 30.6 Å². The quantitative estimate of drug-likeness (QED) is 0.438. The van der Waals surface area contributed by atoms with Crippen LogP contribution < -0.4 is 11.1 Å². The number of fused-ring (bicyclic) bond motifs is 1. The van der Waals surface area contributed by atoms with Crippen molar-refractivity contribution in [3.05, 3.63) is 58.9 Å². The van der Waals surface area contributed by atoms with Crippen LogP contribution in [0.2, 0.25) is 0 Å². The number of halogens is 3. The van der Waals surface area contributed by atoms with Crippen molar-refractivity contribution in [1.29, 1.82) is 0 Å². The van der Waals surface area contributed by atoms with E-state index in [1.54, 1.807) is 6.20 Å². The number of hydrogen-bond donors (Lipinski definition) is 2. The lowest BCUT2D eigenvalue weighted by atomic mass is 9.85. The zero-order valence-electron chi connectivity index (χ0n) is 22.6. The number of amides is 1. The van der Waals surface area contributed by atoms with Gasteiger partial charge in [-0.3, -0.25) is 9.69 Å². The maximum absolute atomic E-state index is 14.7. The first-order chi connectivity index (χ1) is 18.6. The fourth-order valence-electron chi connectivity index (χ4n) is 5.68. The Morgan fingerprint density at radius 3 is 2.67 bits per heavy atom. The molecule has 3 N–H and O–H groups in total. The zero-order chi connectivity index (χ0) is 27.8. The number of benzene rings is 1. The van der Waals surface area contributed by atoms with E-state index in [4.69, 9.17) is 10.5 Å². The molecule has 0 radical (unpaired) electrons. The van der Waals surface area contributed by atoms with E-state index in [9.17, 15) is 18.0 Å². The van der Waals surface area contributed by atoms with Gasteiger partial charge in [0, 0.05) is 48.9 Å². The van der Waals surface area contributed by atoms with Crippen LogP contribution in [0.25, 0.3) is 16.6 Å². The van der Waals surface area contributed by atoms with Gasteiger partial charge in [-0.2, -0.15) is 0 Å². The Balaban J connectivity index is 1.51. The van der Waals surface area contributed by atoms with Crippen LogP contribution in [0.1, 0.15) is 65.8 Å². The molecule has 0 saturated carbocycles. The fourth-order valence-corrected chi connectivity index (χ4v) is 5.68. The Morgan fingerprint density at radius 2 is 2.00 bits per heavy atom. The highest BCUT2D eigenvalue weighted by atomic mass is 19.3. The highest BCUT2D eigenvalue weighted by Crippen LogP contribution is 2.39. The minimum atomic E-state index is -2.71. The minimum Gasteiger partial charge on any atom is -0.375 e. The Labute approximate surface area is 226 Å². The standard InChI is InChI=1S/C29H36F3N5O2/c1-16(2)23-7-20(30)8-25(29(38)35-10-27(31)32)28(23)24-6-18(13-37-17(3)34-9-26(24)37)19-11-36(12-19)14-22-5-4-21(33)15-39-22/h6-9,13,16,19,21-22,27H,4-5,10-12,14-15,33H2,1-3H3,(H,35,38)/t21-,22+/m1/s1. The number of aromatic nitrogens is 2. The number of alkyl halides is 2. The zero-order valence-corrected chi connectivity index (χ0v) is 22.6. The van der Waals surface area contributed by atoms with Gasteiger partial charge in [-0.25, -0.2) is 18.2 Å². The third kappa shape index (κ3) is 5.83. The lowest BCUT2D eigenvalue weighted by Crippen LogP contribution is -2.50. The third-order valence-electron chi connectivity index (χ3n) is 7.83. The summed E-state index contributed by atoms with van der Waals surface area (Å²) in [6.45, 7) is 8.15. The number of likely N-dealkylation sites (tertiary alicyclic amines) is 1. The number of imidazole rings is 1. The summed E-state index contributed by atoms with van der Waals surface area (Å²) in [6.07, 6.45) is 3.24. The van der Waals surface area contributed by atoms with E-state index < -0.39 is 24.7 Å². The van der Waals surface area contributed by atoms with Crippen LogP contribution in [-0.4, -0.2) is 71.5 Å². The van der Waals surface area contributed by atoms with E-state index in [0.717, 1.165) is 61.0 Å². The van der Waals surface area contributed by atoms with Crippen molar-refractivity contribution in [2.24, 2.45) is 5.73 Å². The van der Waals surface area contributed by atoms with Crippen LogP contribution in [0.4, 0.5) is 13.2 Å². The minimum absolute atomic E-state index is 0.0418. The molecular weight excluding hydrogens is 507 g/mol. The average molecular weight is 544 g/mol. The number of nitrogens with one attached hydrogen (secondary N) is 1. The molecule has 0 bridgehead atoms. The molecule has 7 nitrogen and oxygen atoms in total. The maximum Gasteiger partial charge on any atom is 0.255 e. The highest BCUT2D eigenvalue weighted by molar-refractivity contribution is 6.04. The summed E-state index contributed by atoms with van der Waals surface area (Å²) < 4.78 is 48.4. The van der Waals surface area contributed by atoms with Crippen LogP contribution in [0, 0.1) is 12.7 Å². The molecule has 2 atom stereocenters. The van der Waals surface area contributed by atoms with Crippen molar-refractivity contribution < 1.29 is 22.7 Å². The molecule has 210 valence electrons. The second-order valence-corrected chi connectivity index (χ2v) is 11.1. The normalized spacial score (nSPS) is 20.6. The number of nitrogens with two attached hydrogens (primary N) is 1. The van der Waals surface area contributed by atoms with Gasteiger partial charge in [0.05, 0.1) is 36.5 Å². The number of nitrogens with zero attached hydrogens (tertiary/aromatic N) is 3. The van der Waals surface area contributed by atoms with Gasteiger partial charge in [0.25, 0.3) is 12.3 Å². The van der Waals surface area contributed by atoms with Gasteiger partial charge in [-0.1, -0.05) is 13.8 Å². The first-order valence-corrected chi connectivity index (χ1v) is 13.6. The summed E-state index contributed by atoms with van der Waals surface area (Å²) >= 11 is 0. The number of aryl methyl sites for hydroxylation is 1. The number of hydrogen-bond acceptors (Lipinski definition) is 5. The number of rotatable bonds is 8. The van der Waals surface area contributed by atoms with Gasteiger partial charge >= 0.3 is 0 Å². The van der Waals surface area contributed by atoms with Crippen LogP contribution >= 0.6 is 0 Å². The largest absolute Gasteiger partial charge is 0.375 e. The van der Waals surface area contributed by atoms with Crippen LogP contribution in [0.5, 0.6) is 0 Å². The molecule has 1 amide bonds. The second-order valence-electron chi connectivity index (χ2n) is 11.1. The van der Waals surface area contributed by atoms with Crippen molar-refractivity contribution in [3.63, 3.8) is 0 Å². The monoisotopic (exact) mass is 543 g/mol. The Bertz CT molecular complexity index is 1340. The van der Waals surface area contributed by atoms with E-state index in [1.165, 1.54) is 6.07 Å². The second kappa shape index (κ2) is 11.3. The highest BCUT2D eigenvalue weighted by Gasteiger charge is 2.33. The van der Waals surface area contributed by atoms with E-state index >= 15 is 0 Å². The van der Waals surface area contributed by atoms with Crippen molar-refractivity contribution >= 4 is 11.4 Å². The van der Waals surface area contributed by atoms with Crippen LogP contribution in [-0.2, 0) is 4.74 Å². The summed E-state index contributed by atoms with van der Waals surface area (Å²) in [5.74, 6) is -0.378. The molecule has 0 spiro atoms. The number of carbonyl (C=O) groups is 1. The Kier molecular flexibility index (Phi) is 7.98. The molecule has 2 aromatic heterocycles. The fraction of sp³-hybridized carbons (Fsp3) is 0.517. The van der Waals surface area contributed by atoms with Gasteiger partial charge in [0.2, 0.25) is 0 Å². The number of pyridine rings is 1. The molecular formula is C29H36F3N5O2. The number of ether oxygens (including phenoxy) is 1. The SMILES string of the molecule is Cc1ncc2c(-c3c(C(=O)NCC(F)F)cc(F)cc3C(C)C)cc(C3CN(C[C@@H]4CC[C@@H](N)CO4)C3)cn12. The molecule has 0 aliphatic carbocycles. The van der Waals surface area contributed by atoms with Crippen molar-refractivity contribution in [2.45, 2.75) is 64.0 Å². The van der Waals surface area contributed by atoms with E-state index in [1.807, 2.05) is 25.2 Å². The molecule has 2 saturated heterocycles. The van der Waals surface area contributed by atoms with Gasteiger partial charge in [-0.15, -0.1) is 0 Å². The molecule has 3 aromatic rings. The average Bonchev–Trinajstić information content (AvgIpc) is 3.25. The van der Waals surface area contributed by atoms with E-state index in [2.05, 4.69) is 27.5 Å². The first kappa shape index (κ1) is 27.6. The maximum atomic E-state index is 14.7. The van der Waals surface area contributed by atoms with Crippen LogP contribution in [0.3, 0.4) is 0 Å². The topological polar surface area (TPSA) is 84.9 Å². The lowest BCUT2D eigenvalue weighted by Gasteiger charge is -2.42. The molecule has 10 heteroatoms. The predicted molar refractivity (Wildman–Crippen MR) is 144 cm³/mol. The summed E-state index contributed by atoms with van der Waals surface area (Å²) in [5.41, 5.74) is 9.78. The third-order valence-corrected chi connectivity index (χ3v) is 7.83. The summed E-state index contributed by atoms with van der Waals surface area (Å²) in [5, 5.41) is 2.26. The Morgan fingerprint density at radius 1 is 1.23 bits per heavy atom. The van der Waals surface area contributed by atoms with Crippen molar-refractivity contribution in [1.82, 2.24) is 19.6 Å². The first-order valence-electron chi connectivity index (χ1n) is 13.6. The predicted octanol–water partition coefficient (Wildman–Crippen LogP) is 4.47. The van der Waals surface area contributed by atoms with Gasteiger partial charge < -0.3 is 20.2 Å². The van der Waals surface area contributed by atoms with E-state index in [0.29, 0.717) is 17.7 Å². The molecule has 0 unspecified atom stereocenters. The van der Waals surface area contributed by atoms with Gasteiger partial charge in [0.15, 0.2) is 0 Å². The molecule has 5 rings (SSSR count). The molecule has 1 aromatic carbocycles. The smallest absolute Gasteiger partial charge is 0.255 e. The van der Waals surface area contributed by atoms with E-state index in [-0.39, 0.29) is 29.5 Å². The molecule has 2 fully saturated rings. The lowest BCUT2D eigenvalue weighted by molar-refractivity contribution is -0.0284. The Hall–Kier alpha value is -2.95. The van der Waals surface area contributed by atoms with Crippen molar-refractivity contribution in [3.8, 4) is 11.1 Å². The summed E-state index contributed by atoms with van der Waals surface area (Å²) in [6, 6.07) is 4.74. The molecule has 39 heavy (non-hydrogen) atoms. The van der Waals surface area contributed by atoms with Gasteiger partial charge in [-0.05, 0) is 55.0 Å². The molecule has 2 aliphatic rings. The molecule has 2 aliphatic heterocycles. The molecule has 4 heterocycles. The summed E-state index contributed by atoms with van der Waals surface area (Å²) in [7, 11) is 0.